The molecule has 3 heterocycles. The van der Waals surface area contributed by atoms with E-state index >= 15 is 0 Å². The summed E-state index contributed by atoms with van der Waals surface area (Å²) in [5.74, 6) is 0.354. The molecule has 4 aromatic rings. The molecular formula is C18H17N7O2S2. The van der Waals surface area contributed by atoms with Gasteiger partial charge in [-0.15, -0.1) is 21.5 Å². The van der Waals surface area contributed by atoms with E-state index < -0.39 is 0 Å². The molecule has 0 atom stereocenters. The number of hydrogen-bond donors (Lipinski definition) is 1. The number of benzene rings is 1. The van der Waals surface area contributed by atoms with Gasteiger partial charge in [-0.25, -0.2) is 14.6 Å². The molecule has 1 N–H and O–H groups in total. The Kier molecular flexibility index (Phi) is 5.67. The number of anilines is 1. The number of rotatable bonds is 7. The summed E-state index contributed by atoms with van der Waals surface area (Å²) in [4.78, 5) is 20.6. The summed E-state index contributed by atoms with van der Waals surface area (Å²) < 4.78 is 7.07. The SMILES string of the molecule is Cc1ccc(-c2csc(NC(=O)CSc3nnc(Cn4cncn4)o3)n2)cc1C. The molecule has 1 aromatic carbocycles. The lowest BCUT2D eigenvalue weighted by Crippen LogP contribution is -2.13. The Morgan fingerprint density at radius 3 is 2.97 bits per heavy atom. The summed E-state index contributed by atoms with van der Waals surface area (Å²) in [5, 5.41) is 17.5. The van der Waals surface area contributed by atoms with Crippen molar-refractivity contribution in [3.8, 4) is 11.3 Å². The molecule has 1 amide bonds. The van der Waals surface area contributed by atoms with Gasteiger partial charge in [-0.05, 0) is 31.0 Å². The number of hydrogen-bond acceptors (Lipinski definition) is 9. The fourth-order valence-corrected chi connectivity index (χ4v) is 3.78. The van der Waals surface area contributed by atoms with Crippen molar-refractivity contribution >= 4 is 34.1 Å². The molecule has 0 fully saturated rings. The summed E-state index contributed by atoms with van der Waals surface area (Å²) in [7, 11) is 0. The second-order valence-electron chi connectivity index (χ2n) is 6.23. The van der Waals surface area contributed by atoms with Crippen LogP contribution in [-0.2, 0) is 11.3 Å². The van der Waals surface area contributed by atoms with E-state index in [1.165, 1.54) is 40.6 Å². The van der Waals surface area contributed by atoms with Crippen LogP contribution in [0.5, 0.6) is 0 Å². The van der Waals surface area contributed by atoms with Crippen molar-refractivity contribution in [2.75, 3.05) is 11.1 Å². The molecule has 4 rings (SSSR count). The highest BCUT2D eigenvalue weighted by molar-refractivity contribution is 7.99. The largest absolute Gasteiger partial charge is 0.414 e. The second kappa shape index (κ2) is 8.53. The predicted molar refractivity (Wildman–Crippen MR) is 110 cm³/mol. The fraction of sp³-hybridized carbons (Fsp3) is 0.222. The van der Waals surface area contributed by atoms with Gasteiger partial charge in [0.05, 0.1) is 11.4 Å². The summed E-state index contributed by atoms with van der Waals surface area (Å²) in [6.45, 7) is 4.48. The van der Waals surface area contributed by atoms with Crippen LogP contribution >= 0.6 is 23.1 Å². The Morgan fingerprint density at radius 2 is 2.17 bits per heavy atom. The average molecular weight is 428 g/mol. The molecule has 3 aromatic heterocycles. The molecule has 0 aliphatic rings. The molecule has 0 saturated heterocycles. The minimum atomic E-state index is -0.188. The molecular weight excluding hydrogens is 410 g/mol. The van der Waals surface area contributed by atoms with Gasteiger partial charge in [-0.3, -0.25) is 4.79 Å². The maximum atomic E-state index is 12.2. The highest BCUT2D eigenvalue weighted by Gasteiger charge is 2.12. The van der Waals surface area contributed by atoms with Crippen LogP contribution in [0.2, 0.25) is 0 Å². The van der Waals surface area contributed by atoms with Crippen molar-refractivity contribution in [2.24, 2.45) is 0 Å². The van der Waals surface area contributed by atoms with E-state index in [0.717, 1.165) is 11.3 Å². The number of aryl methyl sites for hydroxylation is 2. The first-order valence-corrected chi connectivity index (χ1v) is 10.5. The fourth-order valence-electron chi connectivity index (χ4n) is 2.46. The number of thiazole rings is 1. The Bertz CT molecular complexity index is 1120. The van der Waals surface area contributed by atoms with Crippen LogP contribution < -0.4 is 5.32 Å². The Hall–Kier alpha value is -3.05. The van der Waals surface area contributed by atoms with Gasteiger partial charge in [0.25, 0.3) is 5.22 Å². The number of amides is 1. The number of thioether (sulfide) groups is 1. The molecule has 0 radical (unpaired) electrons. The number of nitrogens with one attached hydrogen (secondary N) is 1. The Labute approximate surface area is 174 Å². The van der Waals surface area contributed by atoms with Crippen LogP contribution in [0.3, 0.4) is 0 Å². The van der Waals surface area contributed by atoms with Crippen LogP contribution in [0, 0.1) is 13.8 Å². The van der Waals surface area contributed by atoms with Gasteiger partial charge in [0, 0.05) is 10.9 Å². The van der Waals surface area contributed by atoms with Gasteiger partial charge in [0.2, 0.25) is 11.8 Å². The summed E-state index contributed by atoms with van der Waals surface area (Å²) >= 11 is 2.56. The molecule has 148 valence electrons. The topological polar surface area (TPSA) is 112 Å². The van der Waals surface area contributed by atoms with E-state index in [1.54, 1.807) is 11.0 Å². The second-order valence-corrected chi connectivity index (χ2v) is 8.01. The minimum Gasteiger partial charge on any atom is -0.414 e. The van der Waals surface area contributed by atoms with Crippen LogP contribution in [-0.4, -0.2) is 41.6 Å². The van der Waals surface area contributed by atoms with Crippen LogP contribution in [0.4, 0.5) is 5.13 Å². The van der Waals surface area contributed by atoms with Crippen molar-refractivity contribution in [1.82, 2.24) is 29.9 Å². The molecule has 0 aliphatic heterocycles. The van der Waals surface area contributed by atoms with E-state index in [2.05, 4.69) is 56.6 Å². The Balaban J connectivity index is 1.30. The lowest BCUT2D eigenvalue weighted by molar-refractivity contribution is -0.113. The van der Waals surface area contributed by atoms with Gasteiger partial charge < -0.3 is 9.73 Å². The number of carbonyl (C=O) groups excluding carboxylic acids is 1. The number of nitrogens with zero attached hydrogens (tertiary/aromatic N) is 6. The molecule has 0 aliphatic carbocycles. The van der Waals surface area contributed by atoms with Gasteiger partial charge in [0.1, 0.15) is 19.2 Å². The van der Waals surface area contributed by atoms with E-state index in [0.29, 0.717) is 22.8 Å². The zero-order valence-electron chi connectivity index (χ0n) is 15.7. The number of aromatic nitrogens is 6. The van der Waals surface area contributed by atoms with E-state index in [-0.39, 0.29) is 11.7 Å². The summed E-state index contributed by atoms with van der Waals surface area (Å²) in [6.07, 6.45) is 2.99. The van der Waals surface area contributed by atoms with Crippen LogP contribution in [0.1, 0.15) is 17.0 Å². The van der Waals surface area contributed by atoms with E-state index in [1.807, 2.05) is 11.4 Å². The third kappa shape index (κ3) is 4.87. The van der Waals surface area contributed by atoms with Crippen LogP contribution in [0.15, 0.2) is 45.9 Å². The predicted octanol–water partition coefficient (Wildman–Crippen LogP) is 3.18. The van der Waals surface area contributed by atoms with Gasteiger partial charge in [-0.1, -0.05) is 23.9 Å². The zero-order valence-corrected chi connectivity index (χ0v) is 17.3. The van der Waals surface area contributed by atoms with Crippen LogP contribution in [0.25, 0.3) is 11.3 Å². The first kappa shape index (κ1) is 19.3. The van der Waals surface area contributed by atoms with E-state index in [4.69, 9.17) is 4.42 Å². The molecule has 0 spiro atoms. The van der Waals surface area contributed by atoms with E-state index in [9.17, 15) is 4.79 Å². The maximum absolute atomic E-state index is 12.2. The molecule has 29 heavy (non-hydrogen) atoms. The standard InChI is InChI=1S/C18H17N7O2S2/c1-11-3-4-13(5-12(11)2)14-7-28-17(21-14)22-15(26)8-29-18-24-23-16(27-18)6-25-10-19-9-20-25/h3-5,7,9-10H,6,8H2,1-2H3,(H,21,22,26). The van der Waals surface area contributed by atoms with Gasteiger partial charge in [-0.2, -0.15) is 5.10 Å². The first-order valence-electron chi connectivity index (χ1n) is 8.67. The van der Waals surface area contributed by atoms with Crippen molar-refractivity contribution in [3.05, 3.63) is 53.3 Å². The lowest BCUT2D eigenvalue weighted by Gasteiger charge is -2.02. The first-order chi connectivity index (χ1) is 14.1. The Morgan fingerprint density at radius 1 is 1.28 bits per heavy atom. The normalized spacial score (nSPS) is 11.0. The maximum Gasteiger partial charge on any atom is 0.277 e. The van der Waals surface area contributed by atoms with Crippen molar-refractivity contribution in [2.45, 2.75) is 25.6 Å². The third-order valence-electron chi connectivity index (χ3n) is 4.09. The highest BCUT2D eigenvalue weighted by Crippen LogP contribution is 2.26. The third-order valence-corrected chi connectivity index (χ3v) is 5.67. The van der Waals surface area contributed by atoms with Gasteiger partial charge >= 0.3 is 0 Å². The smallest absolute Gasteiger partial charge is 0.277 e. The average Bonchev–Trinajstić information content (AvgIpc) is 3.45. The van der Waals surface area contributed by atoms with Crippen molar-refractivity contribution < 1.29 is 9.21 Å². The molecule has 0 bridgehead atoms. The molecule has 0 saturated carbocycles. The van der Waals surface area contributed by atoms with Gasteiger partial charge in [0.15, 0.2) is 5.13 Å². The van der Waals surface area contributed by atoms with Crippen molar-refractivity contribution in [3.63, 3.8) is 0 Å². The quantitative estimate of drug-likeness (QED) is 0.448. The molecule has 11 heteroatoms. The number of carbonyl (C=O) groups is 1. The lowest BCUT2D eigenvalue weighted by atomic mass is 10.1. The summed E-state index contributed by atoms with van der Waals surface area (Å²) in [5.41, 5.74) is 4.32. The minimum absolute atomic E-state index is 0.142. The molecule has 9 nitrogen and oxygen atoms in total. The highest BCUT2D eigenvalue weighted by atomic mass is 32.2. The van der Waals surface area contributed by atoms with Crippen molar-refractivity contribution in [1.29, 1.82) is 0 Å². The zero-order chi connectivity index (χ0) is 20.2. The summed E-state index contributed by atoms with van der Waals surface area (Å²) in [6, 6.07) is 6.20. The monoisotopic (exact) mass is 427 g/mol. The molecule has 0 unspecified atom stereocenters.